The van der Waals surface area contributed by atoms with Gasteiger partial charge in [0.2, 0.25) is 0 Å². The first kappa shape index (κ1) is 27.1. The van der Waals surface area contributed by atoms with Crippen LogP contribution in [0.25, 0.3) is 39.5 Å². The zero-order valence-electron chi connectivity index (χ0n) is 21.6. The van der Waals surface area contributed by atoms with Crippen LogP contribution in [-0.2, 0) is 25.5 Å². The molecule has 0 aliphatic heterocycles. The van der Waals surface area contributed by atoms with Crippen LogP contribution >= 0.6 is 0 Å². The number of pyridine rings is 2. The molecule has 0 saturated carbocycles. The Morgan fingerprint density at radius 3 is 1.92 bits per heavy atom. The number of para-hydroxylation sites is 1. The second-order valence-electron chi connectivity index (χ2n) is 9.66. The van der Waals surface area contributed by atoms with Crippen molar-refractivity contribution in [1.82, 2.24) is 19.5 Å². The molecule has 0 N–H and O–H groups in total. The number of nitrogens with zero attached hydrogens (tertiary/aromatic N) is 4. The first-order valence-corrected chi connectivity index (χ1v) is 12.3. The molecule has 0 aliphatic carbocycles. The van der Waals surface area contributed by atoms with Crippen molar-refractivity contribution < 1.29 is 20.1 Å². The molecular formula is C33H28IrN4-2. The molecule has 0 amide bonds. The van der Waals surface area contributed by atoms with Gasteiger partial charge in [-0.1, -0.05) is 51.1 Å². The van der Waals surface area contributed by atoms with Crippen LogP contribution in [0, 0.1) is 12.1 Å². The van der Waals surface area contributed by atoms with E-state index >= 15 is 0 Å². The van der Waals surface area contributed by atoms with E-state index in [1.807, 2.05) is 84.9 Å². The van der Waals surface area contributed by atoms with Crippen molar-refractivity contribution in [3.63, 3.8) is 0 Å². The van der Waals surface area contributed by atoms with E-state index in [1.54, 1.807) is 6.20 Å². The molecule has 3 aromatic carbocycles. The zero-order valence-corrected chi connectivity index (χ0v) is 24.0. The second-order valence-corrected chi connectivity index (χ2v) is 9.66. The monoisotopic (exact) mass is 673 g/mol. The number of fused-ring (bicyclic) bond motifs is 1. The van der Waals surface area contributed by atoms with Crippen LogP contribution in [0.1, 0.15) is 26.5 Å². The molecule has 0 atom stereocenters. The first-order valence-electron chi connectivity index (χ1n) is 12.3. The van der Waals surface area contributed by atoms with Gasteiger partial charge in [0.25, 0.3) is 0 Å². The SMILES string of the molecule is CC(C)(C)c1ccc2c(n1)nc(-c1[c-]cccc1)n2-c1ccccc1.[Ir].[c-]1ccccc1-c1ccccn1. The molecule has 6 aromatic rings. The Balaban J connectivity index is 0.000000218. The Morgan fingerprint density at radius 1 is 0.658 bits per heavy atom. The van der Waals surface area contributed by atoms with E-state index in [1.165, 1.54) is 0 Å². The summed E-state index contributed by atoms with van der Waals surface area (Å²) >= 11 is 0. The molecule has 0 unspecified atom stereocenters. The van der Waals surface area contributed by atoms with Crippen molar-refractivity contribution in [1.29, 1.82) is 0 Å². The van der Waals surface area contributed by atoms with Gasteiger partial charge in [0.1, 0.15) is 0 Å². The van der Waals surface area contributed by atoms with Crippen LogP contribution in [0.5, 0.6) is 0 Å². The summed E-state index contributed by atoms with van der Waals surface area (Å²) in [7, 11) is 0. The van der Waals surface area contributed by atoms with E-state index in [0.29, 0.717) is 0 Å². The fourth-order valence-corrected chi connectivity index (χ4v) is 4.01. The van der Waals surface area contributed by atoms with Crippen molar-refractivity contribution in [3.05, 3.63) is 133 Å². The van der Waals surface area contributed by atoms with E-state index in [9.17, 15) is 0 Å². The first-order chi connectivity index (χ1) is 18.0. The summed E-state index contributed by atoms with van der Waals surface area (Å²) < 4.78 is 2.15. The van der Waals surface area contributed by atoms with Gasteiger partial charge in [-0.2, -0.15) is 0 Å². The number of rotatable bonds is 3. The fourth-order valence-electron chi connectivity index (χ4n) is 4.01. The van der Waals surface area contributed by atoms with Crippen LogP contribution in [0.4, 0.5) is 0 Å². The molecule has 0 bridgehead atoms. The summed E-state index contributed by atoms with van der Waals surface area (Å²) in [5.74, 6) is 0.861. The zero-order chi connectivity index (χ0) is 25.7. The standard InChI is InChI=1S/C22H20N3.C11H8N.Ir/c1-22(2,3)19-15-14-18-20(23-19)24-21(16-10-6-4-7-11-16)25(18)17-12-8-5-9-13-17;1-2-6-10(7-3-1)11-8-4-5-9-12-11;/h4-10,12-15H,1-3H3;1-6,8-9H;/q2*-1;. The third-order valence-electron chi connectivity index (χ3n) is 5.90. The average molecular weight is 673 g/mol. The maximum atomic E-state index is 4.85. The average Bonchev–Trinajstić information content (AvgIpc) is 3.34. The van der Waals surface area contributed by atoms with Crippen molar-refractivity contribution in [2.45, 2.75) is 26.2 Å². The van der Waals surface area contributed by atoms with E-state index in [4.69, 9.17) is 9.97 Å². The quantitative estimate of drug-likeness (QED) is 0.181. The molecule has 1 radical (unpaired) electrons. The third-order valence-corrected chi connectivity index (χ3v) is 5.90. The van der Waals surface area contributed by atoms with Gasteiger partial charge in [-0.3, -0.25) is 4.98 Å². The molecular weight excluding hydrogens is 645 g/mol. The normalized spacial score (nSPS) is 10.8. The Kier molecular flexibility index (Phi) is 8.62. The van der Waals surface area contributed by atoms with Crippen molar-refractivity contribution in [3.8, 4) is 28.3 Å². The van der Waals surface area contributed by atoms with Gasteiger partial charge in [0.05, 0.1) is 11.3 Å². The molecule has 3 aromatic heterocycles. The second kappa shape index (κ2) is 12.1. The predicted octanol–water partition coefficient (Wildman–Crippen LogP) is 7.73. The Bertz CT molecular complexity index is 1540. The van der Waals surface area contributed by atoms with Gasteiger partial charge < -0.3 is 9.55 Å². The van der Waals surface area contributed by atoms with E-state index in [0.717, 1.165) is 45.2 Å². The summed E-state index contributed by atoms with van der Waals surface area (Å²) in [6.45, 7) is 6.50. The van der Waals surface area contributed by atoms with Gasteiger partial charge in [0.15, 0.2) is 5.65 Å². The molecule has 0 fully saturated rings. The third kappa shape index (κ3) is 6.13. The maximum Gasteiger partial charge on any atom is 0.168 e. The van der Waals surface area contributed by atoms with E-state index in [2.05, 4.69) is 66.7 Å². The minimum Gasteiger partial charge on any atom is -0.332 e. The number of benzene rings is 3. The molecule has 0 spiro atoms. The molecule has 5 heteroatoms. The van der Waals surface area contributed by atoms with Crippen molar-refractivity contribution in [2.75, 3.05) is 0 Å². The van der Waals surface area contributed by atoms with Gasteiger partial charge in [-0.25, -0.2) is 4.98 Å². The minimum absolute atomic E-state index is 0. The Hall–Kier alpha value is -3.92. The topological polar surface area (TPSA) is 43.6 Å². The summed E-state index contributed by atoms with van der Waals surface area (Å²) in [4.78, 5) is 13.9. The number of aromatic nitrogens is 4. The molecule has 0 saturated heterocycles. The van der Waals surface area contributed by atoms with E-state index in [-0.39, 0.29) is 25.5 Å². The van der Waals surface area contributed by atoms with Crippen LogP contribution in [-0.4, -0.2) is 19.5 Å². The molecule has 0 aliphatic rings. The van der Waals surface area contributed by atoms with Gasteiger partial charge in [0, 0.05) is 43.1 Å². The predicted molar refractivity (Wildman–Crippen MR) is 150 cm³/mol. The van der Waals surface area contributed by atoms with Crippen LogP contribution in [0.15, 0.2) is 115 Å². The van der Waals surface area contributed by atoms with Gasteiger partial charge in [-0.15, -0.1) is 71.8 Å². The van der Waals surface area contributed by atoms with E-state index < -0.39 is 0 Å². The summed E-state index contributed by atoms with van der Waals surface area (Å²) in [5.41, 5.74) is 6.85. The minimum atomic E-state index is -0.0102. The van der Waals surface area contributed by atoms with Crippen LogP contribution < -0.4 is 0 Å². The molecule has 38 heavy (non-hydrogen) atoms. The summed E-state index contributed by atoms with van der Waals surface area (Å²) in [6, 6.07) is 42.5. The number of hydrogen-bond donors (Lipinski definition) is 0. The van der Waals surface area contributed by atoms with Crippen molar-refractivity contribution in [2.24, 2.45) is 0 Å². The maximum absolute atomic E-state index is 4.85. The Morgan fingerprint density at radius 2 is 1.32 bits per heavy atom. The van der Waals surface area contributed by atoms with Gasteiger partial charge >= 0.3 is 0 Å². The van der Waals surface area contributed by atoms with Gasteiger partial charge in [-0.05, 0) is 36.0 Å². The van der Waals surface area contributed by atoms with Crippen LogP contribution in [0.3, 0.4) is 0 Å². The molecule has 4 nitrogen and oxygen atoms in total. The van der Waals surface area contributed by atoms with Crippen molar-refractivity contribution >= 4 is 11.2 Å². The number of hydrogen-bond acceptors (Lipinski definition) is 3. The number of imidazole rings is 1. The molecule has 6 rings (SSSR count). The summed E-state index contributed by atoms with van der Waals surface area (Å²) in [5, 5.41) is 0. The molecule has 3 heterocycles. The smallest absolute Gasteiger partial charge is 0.168 e. The fraction of sp³-hybridized carbons (Fsp3) is 0.121. The largest absolute Gasteiger partial charge is 0.332 e. The van der Waals surface area contributed by atoms with Crippen LogP contribution in [0.2, 0.25) is 0 Å². The summed E-state index contributed by atoms with van der Waals surface area (Å²) in [6.07, 6.45) is 1.79. The molecule has 191 valence electrons. The Labute approximate surface area is 237 Å².